The molecule has 122 valence electrons. The van der Waals surface area contributed by atoms with Gasteiger partial charge in [0.2, 0.25) is 5.95 Å². The Morgan fingerprint density at radius 1 is 1.04 bits per heavy atom. The van der Waals surface area contributed by atoms with Crippen molar-refractivity contribution in [1.82, 2.24) is 9.55 Å². The molecule has 2 heterocycles. The van der Waals surface area contributed by atoms with E-state index in [0.717, 1.165) is 23.2 Å². The zero-order valence-corrected chi connectivity index (χ0v) is 12.2. The molecule has 0 unspecified atom stereocenters. The maximum Gasteiger partial charge on any atom is 0.416 e. The number of hydrogen-bond acceptors (Lipinski definition) is 4. The molecule has 1 aliphatic rings. The highest BCUT2D eigenvalue weighted by molar-refractivity contribution is 5.94. The van der Waals surface area contributed by atoms with E-state index in [4.69, 9.17) is 5.73 Å². The summed E-state index contributed by atoms with van der Waals surface area (Å²) in [5, 5.41) is 2.88. The molecular formula is C16H12F3N5. The fourth-order valence-electron chi connectivity index (χ4n) is 2.78. The summed E-state index contributed by atoms with van der Waals surface area (Å²) in [6.45, 7) is 0. The molecule has 0 bridgehead atoms. The minimum atomic E-state index is -4.37. The average Bonchev–Trinajstić information content (AvgIpc) is 2.91. The van der Waals surface area contributed by atoms with Gasteiger partial charge in [-0.05, 0) is 29.8 Å². The smallest absolute Gasteiger partial charge is 0.370 e. The number of benzene rings is 2. The summed E-state index contributed by atoms with van der Waals surface area (Å²) in [6, 6.07) is 12.4. The molecule has 24 heavy (non-hydrogen) atoms. The third kappa shape index (κ3) is 2.27. The molecular weight excluding hydrogens is 319 g/mol. The molecule has 4 rings (SSSR count). The molecule has 3 N–H and O–H groups in total. The van der Waals surface area contributed by atoms with E-state index in [1.54, 1.807) is 0 Å². The molecule has 5 nitrogen and oxygen atoms in total. The fourth-order valence-corrected chi connectivity index (χ4v) is 2.78. The van der Waals surface area contributed by atoms with Crippen molar-refractivity contribution in [2.24, 2.45) is 10.7 Å². The van der Waals surface area contributed by atoms with Gasteiger partial charge in [-0.2, -0.15) is 13.2 Å². The highest BCUT2D eigenvalue weighted by atomic mass is 19.4. The topological polar surface area (TPSA) is 68.2 Å². The lowest BCUT2D eigenvalue weighted by molar-refractivity contribution is -0.137. The monoisotopic (exact) mass is 331 g/mol. The van der Waals surface area contributed by atoms with Crippen molar-refractivity contribution in [3.63, 3.8) is 0 Å². The van der Waals surface area contributed by atoms with Crippen molar-refractivity contribution in [3.05, 3.63) is 59.7 Å². The summed E-state index contributed by atoms with van der Waals surface area (Å²) in [5.74, 6) is 0.677. The number of guanidine groups is 1. The lowest BCUT2D eigenvalue weighted by Gasteiger charge is -2.24. The van der Waals surface area contributed by atoms with Crippen LogP contribution >= 0.6 is 0 Å². The minimum Gasteiger partial charge on any atom is -0.370 e. The summed E-state index contributed by atoms with van der Waals surface area (Å²) in [4.78, 5) is 8.78. The molecule has 1 atom stereocenters. The van der Waals surface area contributed by atoms with Gasteiger partial charge >= 0.3 is 6.18 Å². The number of rotatable bonds is 1. The largest absolute Gasteiger partial charge is 0.416 e. The lowest BCUT2D eigenvalue weighted by Crippen LogP contribution is -2.31. The zero-order valence-electron chi connectivity index (χ0n) is 12.2. The molecule has 1 aromatic heterocycles. The van der Waals surface area contributed by atoms with Gasteiger partial charge < -0.3 is 5.73 Å². The normalized spacial score (nSPS) is 17.3. The maximum absolute atomic E-state index is 12.7. The number of hydrogen-bond donors (Lipinski definition) is 2. The number of fused-ring (bicyclic) bond motifs is 3. The number of alkyl halides is 3. The van der Waals surface area contributed by atoms with Crippen molar-refractivity contribution in [1.29, 1.82) is 0 Å². The van der Waals surface area contributed by atoms with Crippen LogP contribution in [0.1, 0.15) is 17.3 Å². The third-order valence-corrected chi connectivity index (χ3v) is 3.88. The van der Waals surface area contributed by atoms with Crippen molar-refractivity contribution >= 4 is 22.9 Å². The maximum atomic E-state index is 12.7. The first-order valence-corrected chi connectivity index (χ1v) is 7.18. The highest BCUT2D eigenvalue weighted by Gasteiger charge is 2.31. The van der Waals surface area contributed by atoms with Crippen molar-refractivity contribution in [2.75, 3.05) is 5.32 Å². The number of nitrogens with one attached hydrogen (secondary N) is 1. The van der Waals surface area contributed by atoms with Gasteiger partial charge in [0, 0.05) is 0 Å². The Morgan fingerprint density at radius 2 is 1.75 bits per heavy atom. The molecule has 8 heteroatoms. The third-order valence-electron chi connectivity index (χ3n) is 3.88. The number of aliphatic imine (C=N–C) groups is 1. The quantitative estimate of drug-likeness (QED) is 0.718. The summed E-state index contributed by atoms with van der Waals surface area (Å²) in [6.07, 6.45) is -4.95. The van der Waals surface area contributed by atoms with E-state index < -0.39 is 17.9 Å². The summed E-state index contributed by atoms with van der Waals surface area (Å²) < 4.78 is 40.1. The predicted octanol–water partition coefficient (Wildman–Crippen LogP) is 3.34. The first-order chi connectivity index (χ1) is 11.4. The molecule has 0 fully saturated rings. The lowest BCUT2D eigenvalue weighted by atomic mass is 10.1. The molecule has 0 amide bonds. The minimum absolute atomic E-state index is 0.169. The number of nitrogens with two attached hydrogens (primary N) is 1. The SMILES string of the molecule is NC1=N[C@@H](c2ccc(C(F)(F)F)cc2)n2c(nc3ccccc32)N1. The second-order valence-corrected chi connectivity index (χ2v) is 5.43. The zero-order chi connectivity index (χ0) is 16.9. The number of imidazole rings is 1. The fraction of sp³-hybridized carbons (Fsp3) is 0.125. The van der Waals surface area contributed by atoms with Gasteiger partial charge in [0.1, 0.15) is 0 Å². The van der Waals surface area contributed by atoms with Crippen LogP contribution in [-0.2, 0) is 6.18 Å². The van der Waals surface area contributed by atoms with Gasteiger partial charge in [0.25, 0.3) is 0 Å². The standard InChI is InChI=1S/C16H12F3N5/c17-16(18,19)10-7-5-9(6-8-10)13-22-14(20)23-15-21-11-3-1-2-4-12(11)24(13)15/h1-8,13H,(H3,20,21,22,23)/t13-/m1/s1. The van der Waals surface area contributed by atoms with Gasteiger partial charge in [0.15, 0.2) is 12.1 Å². The number of para-hydroxylation sites is 2. The first-order valence-electron chi connectivity index (χ1n) is 7.18. The van der Waals surface area contributed by atoms with Crippen LogP contribution in [0.15, 0.2) is 53.5 Å². The van der Waals surface area contributed by atoms with Crippen LogP contribution in [0.4, 0.5) is 19.1 Å². The Hall–Kier alpha value is -3.03. The molecule has 1 aliphatic heterocycles. The van der Waals surface area contributed by atoms with E-state index in [1.807, 2.05) is 28.8 Å². The van der Waals surface area contributed by atoms with Crippen LogP contribution in [0.5, 0.6) is 0 Å². The van der Waals surface area contributed by atoms with Gasteiger partial charge in [-0.1, -0.05) is 24.3 Å². The van der Waals surface area contributed by atoms with Crippen LogP contribution in [-0.4, -0.2) is 15.5 Å². The number of halogens is 3. The van der Waals surface area contributed by atoms with Gasteiger partial charge in [-0.3, -0.25) is 9.88 Å². The molecule has 3 aromatic rings. The van der Waals surface area contributed by atoms with Crippen LogP contribution in [0, 0.1) is 0 Å². The Kier molecular flexibility index (Phi) is 3.02. The summed E-state index contributed by atoms with van der Waals surface area (Å²) in [5.41, 5.74) is 7.27. The Morgan fingerprint density at radius 3 is 2.46 bits per heavy atom. The van der Waals surface area contributed by atoms with Gasteiger partial charge in [-0.15, -0.1) is 0 Å². The number of nitrogens with zero attached hydrogens (tertiary/aromatic N) is 3. The highest BCUT2D eigenvalue weighted by Crippen LogP contribution is 2.34. The van der Waals surface area contributed by atoms with Crippen molar-refractivity contribution in [3.8, 4) is 0 Å². The van der Waals surface area contributed by atoms with Crippen molar-refractivity contribution < 1.29 is 13.2 Å². The van der Waals surface area contributed by atoms with E-state index in [2.05, 4.69) is 15.3 Å². The molecule has 0 aliphatic carbocycles. The Labute approximate surface area is 134 Å². The van der Waals surface area contributed by atoms with Crippen molar-refractivity contribution in [2.45, 2.75) is 12.3 Å². The molecule has 0 radical (unpaired) electrons. The van der Waals surface area contributed by atoms with Gasteiger partial charge in [0.05, 0.1) is 16.6 Å². The second kappa shape index (κ2) is 4.98. The van der Waals surface area contributed by atoms with E-state index in [9.17, 15) is 13.2 Å². The Balaban J connectivity index is 1.85. The summed E-state index contributed by atoms with van der Waals surface area (Å²) in [7, 11) is 0. The van der Waals surface area contributed by atoms with Crippen LogP contribution < -0.4 is 11.1 Å². The number of anilines is 1. The first kappa shape index (κ1) is 14.6. The predicted molar refractivity (Wildman–Crippen MR) is 84.6 cm³/mol. The van der Waals surface area contributed by atoms with E-state index in [-0.39, 0.29) is 5.96 Å². The molecule has 2 aromatic carbocycles. The van der Waals surface area contributed by atoms with Crippen LogP contribution in [0.3, 0.4) is 0 Å². The summed E-state index contributed by atoms with van der Waals surface area (Å²) >= 11 is 0. The second-order valence-electron chi connectivity index (χ2n) is 5.43. The average molecular weight is 331 g/mol. The Bertz CT molecular complexity index is 940. The van der Waals surface area contributed by atoms with E-state index >= 15 is 0 Å². The molecule has 0 saturated carbocycles. The van der Waals surface area contributed by atoms with Crippen LogP contribution in [0.2, 0.25) is 0 Å². The van der Waals surface area contributed by atoms with E-state index in [1.165, 1.54) is 12.1 Å². The van der Waals surface area contributed by atoms with Crippen LogP contribution in [0.25, 0.3) is 11.0 Å². The molecule has 0 saturated heterocycles. The number of aromatic nitrogens is 2. The van der Waals surface area contributed by atoms with Gasteiger partial charge in [-0.25, -0.2) is 9.98 Å². The van der Waals surface area contributed by atoms with E-state index in [0.29, 0.717) is 11.5 Å². The molecule has 0 spiro atoms.